The Hall–Kier alpha value is -3.31. The number of ether oxygens (including phenoxy) is 1. The van der Waals surface area contributed by atoms with E-state index in [-0.39, 0.29) is 34.6 Å². The van der Waals surface area contributed by atoms with E-state index in [2.05, 4.69) is 6.58 Å². The fraction of sp³-hybridized carbons (Fsp3) is 0.240. The normalized spacial score (nSPS) is 15.5. The molecule has 1 aliphatic heterocycles. The monoisotopic (exact) mass is 406 g/mol. The van der Waals surface area contributed by atoms with Crippen LogP contribution in [0.4, 0.5) is 0 Å². The predicted molar refractivity (Wildman–Crippen MR) is 118 cm³/mol. The molecular weight excluding hydrogens is 380 g/mol. The quantitative estimate of drug-likeness (QED) is 0.369. The van der Waals surface area contributed by atoms with Gasteiger partial charge in [-0.15, -0.1) is 0 Å². The van der Waals surface area contributed by atoms with Crippen molar-refractivity contribution in [3.63, 3.8) is 0 Å². The second kappa shape index (κ2) is 8.20. The van der Waals surface area contributed by atoms with Gasteiger partial charge in [0.1, 0.15) is 22.8 Å². The molecule has 0 bridgehead atoms. The lowest BCUT2D eigenvalue weighted by atomic mass is 9.97. The molecule has 0 aromatic heterocycles. The molecule has 156 valence electrons. The third-order valence-corrected chi connectivity index (χ3v) is 4.99. The summed E-state index contributed by atoms with van der Waals surface area (Å²) in [7, 11) is 0. The summed E-state index contributed by atoms with van der Waals surface area (Å²) < 4.78 is 5.90. The van der Waals surface area contributed by atoms with Crippen molar-refractivity contribution in [3.8, 4) is 17.2 Å². The van der Waals surface area contributed by atoms with Crippen LogP contribution in [0.2, 0.25) is 0 Å². The van der Waals surface area contributed by atoms with E-state index in [1.54, 1.807) is 13.0 Å². The van der Waals surface area contributed by atoms with E-state index in [4.69, 9.17) is 4.74 Å². The lowest BCUT2D eigenvalue weighted by Crippen LogP contribution is -2.27. The van der Waals surface area contributed by atoms with Crippen LogP contribution in [0.5, 0.6) is 17.2 Å². The highest BCUT2D eigenvalue weighted by molar-refractivity contribution is 6.09. The Morgan fingerprint density at radius 1 is 1.23 bits per heavy atom. The van der Waals surface area contributed by atoms with E-state index in [1.807, 2.05) is 44.2 Å². The third kappa shape index (κ3) is 4.63. The maximum Gasteiger partial charge on any atom is 0.189 e. The second-order valence-corrected chi connectivity index (χ2v) is 8.06. The molecule has 1 heterocycles. The molecule has 0 radical (unpaired) electrons. The van der Waals surface area contributed by atoms with Gasteiger partial charge in [-0.25, -0.2) is 0 Å². The lowest BCUT2D eigenvalue weighted by Gasteiger charge is -2.27. The van der Waals surface area contributed by atoms with Crippen molar-refractivity contribution < 1.29 is 24.9 Å². The fourth-order valence-corrected chi connectivity index (χ4v) is 3.16. The number of carbonyl (C=O) groups excluding carboxylic acids is 1. The zero-order valence-electron chi connectivity index (χ0n) is 17.3. The Bertz CT molecular complexity index is 1060. The smallest absolute Gasteiger partial charge is 0.189 e. The molecule has 0 unspecified atom stereocenters. The highest BCUT2D eigenvalue weighted by Crippen LogP contribution is 2.34. The van der Waals surface area contributed by atoms with E-state index < -0.39 is 11.9 Å². The molecule has 0 fully saturated rings. The summed E-state index contributed by atoms with van der Waals surface area (Å²) in [6.45, 7) is 9.27. The van der Waals surface area contributed by atoms with E-state index >= 15 is 0 Å². The molecule has 5 heteroatoms. The van der Waals surface area contributed by atoms with Crippen LogP contribution in [0, 0.1) is 0 Å². The number of carbonyl (C=O) groups is 1. The van der Waals surface area contributed by atoms with E-state index in [0.717, 1.165) is 16.9 Å². The van der Waals surface area contributed by atoms with Gasteiger partial charge in [-0.1, -0.05) is 30.4 Å². The lowest BCUT2D eigenvalue weighted by molar-refractivity contribution is 0.104. The number of aliphatic hydroxyl groups is 1. The van der Waals surface area contributed by atoms with E-state index in [9.17, 15) is 20.1 Å². The minimum absolute atomic E-state index is 0.0364. The number of fused-ring (bicyclic) bond motifs is 1. The van der Waals surface area contributed by atoms with Crippen LogP contribution in [0.15, 0.2) is 54.6 Å². The molecule has 1 atom stereocenters. The molecule has 1 aliphatic rings. The maximum absolute atomic E-state index is 12.6. The van der Waals surface area contributed by atoms with Crippen LogP contribution in [0.3, 0.4) is 0 Å². The summed E-state index contributed by atoms with van der Waals surface area (Å²) in [4.78, 5) is 12.6. The summed E-state index contributed by atoms with van der Waals surface area (Å²) in [6.07, 6.45) is 6.02. The van der Waals surface area contributed by atoms with Gasteiger partial charge in [0.25, 0.3) is 0 Å². The van der Waals surface area contributed by atoms with Gasteiger partial charge in [-0.2, -0.15) is 0 Å². The van der Waals surface area contributed by atoms with Gasteiger partial charge < -0.3 is 20.1 Å². The average Bonchev–Trinajstić information content (AvgIpc) is 2.68. The molecular formula is C25H26O5. The third-order valence-electron chi connectivity index (χ3n) is 4.99. The molecule has 2 aromatic carbocycles. The van der Waals surface area contributed by atoms with Crippen LogP contribution < -0.4 is 4.74 Å². The average molecular weight is 406 g/mol. The summed E-state index contributed by atoms with van der Waals surface area (Å²) >= 11 is 0. The highest BCUT2D eigenvalue weighted by atomic mass is 16.5. The first-order chi connectivity index (χ1) is 14.1. The van der Waals surface area contributed by atoms with Gasteiger partial charge in [-0.05, 0) is 62.8 Å². The van der Waals surface area contributed by atoms with Crippen molar-refractivity contribution in [1.29, 1.82) is 0 Å². The van der Waals surface area contributed by atoms with Crippen LogP contribution in [0.25, 0.3) is 12.2 Å². The molecule has 0 amide bonds. The molecule has 3 N–H and O–H groups in total. The number of aliphatic hydroxyl groups excluding tert-OH is 1. The zero-order chi connectivity index (χ0) is 22.1. The van der Waals surface area contributed by atoms with Crippen LogP contribution in [-0.2, 0) is 6.42 Å². The Kier molecular flexibility index (Phi) is 5.85. The number of hydrogen-bond acceptors (Lipinski definition) is 5. The van der Waals surface area contributed by atoms with Crippen molar-refractivity contribution in [3.05, 3.63) is 76.9 Å². The summed E-state index contributed by atoms with van der Waals surface area (Å²) in [5.41, 5.74) is 2.05. The number of allylic oxidation sites excluding steroid dienone is 1. The van der Waals surface area contributed by atoms with Crippen LogP contribution >= 0.6 is 0 Å². The van der Waals surface area contributed by atoms with Crippen LogP contribution in [0.1, 0.15) is 47.8 Å². The first kappa shape index (κ1) is 21.4. The second-order valence-electron chi connectivity index (χ2n) is 8.06. The van der Waals surface area contributed by atoms with Crippen molar-refractivity contribution in [2.24, 2.45) is 0 Å². The molecule has 3 rings (SSSR count). The summed E-state index contributed by atoms with van der Waals surface area (Å²) in [5, 5.41) is 30.5. The first-order valence-electron chi connectivity index (χ1n) is 9.69. The maximum atomic E-state index is 12.6. The fourth-order valence-electron chi connectivity index (χ4n) is 3.16. The zero-order valence-corrected chi connectivity index (χ0v) is 17.3. The highest BCUT2D eigenvalue weighted by Gasteiger charge is 2.22. The molecule has 30 heavy (non-hydrogen) atoms. The van der Waals surface area contributed by atoms with Gasteiger partial charge in [0, 0.05) is 17.5 Å². The molecule has 0 spiro atoms. The molecule has 0 saturated heterocycles. The predicted octanol–water partition coefficient (Wildman–Crippen LogP) is 4.66. The standard InChI is InChI=1S/C25H26O5/c1-15(2)22(28)14-19-21(27)9-7-18(24(19)29)20(26)8-5-16-6-10-23-17(13-16)11-12-25(3,4)30-23/h5-13,22,27-29H,1,14H2,2-4H3/b8-5+/t22-/m0/s1. The Morgan fingerprint density at radius 3 is 2.67 bits per heavy atom. The Balaban J connectivity index is 1.83. The molecule has 0 saturated carbocycles. The summed E-state index contributed by atoms with van der Waals surface area (Å²) in [6, 6.07) is 8.32. The van der Waals surface area contributed by atoms with Crippen molar-refractivity contribution in [2.45, 2.75) is 38.9 Å². The first-order valence-corrected chi connectivity index (χ1v) is 9.69. The Labute approximate surface area is 176 Å². The van der Waals surface area contributed by atoms with Gasteiger partial charge in [-0.3, -0.25) is 4.79 Å². The van der Waals surface area contributed by atoms with E-state index in [0.29, 0.717) is 5.57 Å². The number of aromatic hydroxyl groups is 2. The number of ketones is 1. The molecule has 5 nitrogen and oxygen atoms in total. The molecule has 0 aliphatic carbocycles. The van der Waals surface area contributed by atoms with Gasteiger partial charge in [0.15, 0.2) is 5.78 Å². The van der Waals surface area contributed by atoms with Crippen LogP contribution in [-0.4, -0.2) is 32.8 Å². The largest absolute Gasteiger partial charge is 0.508 e. The van der Waals surface area contributed by atoms with Crippen molar-refractivity contribution in [1.82, 2.24) is 0 Å². The van der Waals surface area contributed by atoms with E-state index in [1.165, 1.54) is 18.2 Å². The minimum Gasteiger partial charge on any atom is -0.508 e. The van der Waals surface area contributed by atoms with Gasteiger partial charge in [0.2, 0.25) is 0 Å². The SMILES string of the molecule is C=C(C)[C@@H](O)Cc1c(O)ccc(C(=O)/C=C/c2ccc3c(c2)C=CC(C)(C)O3)c1O. The number of rotatable bonds is 6. The summed E-state index contributed by atoms with van der Waals surface area (Å²) in [5.74, 6) is -0.154. The number of phenols is 2. The number of hydrogen-bond donors (Lipinski definition) is 3. The van der Waals surface area contributed by atoms with Crippen molar-refractivity contribution >= 4 is 17.9 Å². The topological polar surface area (TPSA) is 87.0 Å². The van der Waals surface area contributed by atoms with Gasteiger partial charge >= 0.3 is 0 Å². The molecule has 2 aromatic rings. The Morgan fingerprint density at radius 2 is 1.97 bits per heavy atom. The van der Waals surface area contributed by atoms with Crippen molar-refractivity contribution in [2.75, 3.05) is 0 Å². The minimum atomic E-state index is -0.932. The number of benzene rings is 2. The number of phenolic OH excluding ortho intramolecular Hbond substituents is 2. The van der Waals surface area contributed by atoms with Gasteiger partial charge in [0.05, 0.1) is 11.7 Å².